The predicted octanol–water partition coefficient (Wildman–Crippen LogP) is 2.92. The van der Waals surface area contributed by atoms with Crippen LogP contribution in [0, 0.1) is 6.92 Å². The lowest BCUT2D eigenvalue weighted by atomic mass is 10.1. The van der Waals surface area contributed by atoms with E-state index in [1.165, 1.54) is 0 Å². The van der Waals surface area contributed by atoms with E-state index in [-0.39, 0.29) is 0 Å². The number of rotatable bonds is 4. The molecule has 0 amide bonds. The molecule has 0 saturated carbocycles. The second-order valence-electron chi connectivity index (χ2n) is 4.35. The number of nitrogens with zero attached hydrogens (tertiary/aromatic N) is 2. The fourth-order valence-electron chi connectivity index (χ4n) is 1.95. The van der Waals surface area contributed by atoms with E-state index >= 15 is 0 Å². The summed E-state index contributed by atoms with van der Waals surface area (Å²) in [5.74, 6) is 1.50. The molecule has 5 heteroatoms. The van der Waals surface area contributed by atoms with E-state index in [4.69, 9.17) is 4.42 Å². The molecular weight excluding hydrogens is 296 g/mol. The van der Waals surface area contributed by atoms with Gasteiger partial charge in [0.2, 0.25) is 0 Å². The maximum Gasteiger partial charge on any atom is 0.133 e. The van der Waals surface area contributed by atoms with Crippen molar-refractivity contribution >= 4 is 15.9 Å². The van der Waals surface area contributed by atoms with Crippen LogP contribution >= 0.6 is 15.9 Å². The fourth-order valence-corrected chi connectivity index (χ4v) is 2.45. The molecule has 0 spiro atoms. The third-order valence-corrected chi connectivity index (χ3v) is 4.04. The Balaban J connectivity index is 2.18. The molecule has 0 aliphatic heterocycles. The van der Waals surface area contributed by atoms with Crippen LogP contribution in [0.15, 0.2) is 21.0 Å². The number of furan rings is 1. The summed E-state index contributed by atoms with van der Waals surface area (Å²) in [7, 11) is 1.87. The first-order valence-corrected chi connectivity index (χ1v) is 6.76. The van der Waals surface area contributed by atoms with Crippen LogP contribution < -0.4 is 0 Å². The summed E-state index contributed by atoms with van der Waals surface area (Å²) in [6, 6.07) is 3.74. The Morgan fingerprint density at radius 1 is 1.50 bits per heavy atom. The molecule has 18 heavy (non-hydrogen) atoms. The molecule has 2 aromatic heterocycles. The first kappa shape index (κ1) is 13.4. The lowest BCUT2D eigenvalue weighted by molar-refractivity contribution is 0.146. The average Bonchev–Trinajstić information content (AvgIpc) is 2.90. The van der Waals surface area contributed by atoms with Crippen molar-refractivity contribution in [1.29, 1.82) is 0 Å². The summed E-state index contributed by atoms with van der Waals surface area (Å²) < 4.78 is 8.29. The van der Waals surface area contributed by atoms with E-state index in [1.807, 2.05) is 33.0 Å². The number of hydrogen-bond acceptors (Lipinski definition) is 3. The third-order valence-electron chi connectivity index (χ3n) is 3.01. The van der Waals surface area contributed by atoms with E-state index in [9.17, 15) is 5.11 Å². The van der Waals surface area contributed by atoms with Crippen LogP contribution in [0.5, 0.6) is 0 Å². The molecule has 0 bridgehead atoms. The summed E-state index contributed by atoms with van der Waals surface area (Å²) >= 11 is 3.50. The number of aliphatic hydroxyl groups excluding tert-OH is 1. The van der Waals surface area contributed by atoms with Crippen molar-refractivity contribution < 1.29 is 9.52 Å². The number of aliphatic hydroxyl groups is 1. The van der Waals surface area contributed by atoms with Crippen LogP contribution in [0.3, 0.4) is 0 Å². The van der Waals surface area contributed by atoms with Crippen molar-refractivity contribution in [3.8, 4) is 0 Å². The molecular formula is C13H17BrN2O2. The lowest BCUT2D eigenvalue weighted by Gasteiger charge is -2.08. The summed E-state index contributed by atoms with van der Waals surface area (Å²) in [5, 5.41) is 14.5. The molecule has 2 heterocycles. The number of halogens is 1. The Hall–Kier alpha value is -1.07. The Bertz CT molecular complexity index is 545. The highest BCUT2D eigenvalue weighted by atomic mass is 79.9. The van der Waals surface area contributed by atoms with Gasteiger partial charge < -0.3 is 9.52 Å². The highest BCUT2D eigenvalue weighted by Crippen LogP contribution is 2.26. The molecule has 1 unspecified atom stereocenters. The van der Waals surface area contributed by atoms with Gasteiger partial charge in [0.25, 0.3) is 0 Å². The van der Waals surface area contributed by atoms with Gasteiger partial charge in [-0.25, -0.2) is 0 Å². The Labute approximate surface area is 115 Å². The van der Waals surface area contributed by atoms with Crippen molar-refractivity contribution in [3.05, 3.63) is 39.5 Å². The minimum atomic E-state index is -0.642. The van der Waals surface area contributed by atoms with Gasteiger partial charge in [-0.3, -0.25) is 4.68 Å². The maximum absolute atomic E-state index is 10.2. The van der Waals surface area contributed by atoms with Crippen LogP contribution in [0.25, 0.3) is 0 Å². The quantitative estimate of drug-likeness (QED) is 0.944. The second-order valence-corrected chi connectivity index (χ2v) is 5.14. The van der Waals surface area contributed by atoms with E-state index in [2.05, 4.69) is 21.0 Å². The SMILES string of the molecule is CCc1ccc(C(O)Cc2c(Br)c(C)nn2C)o1. The zero-order valence-electron chi connectivity index (χ0n) is 10.8. The van der Waals surface area contributed by atoms with Crippen LogP contribution in [0.1, 0.15) is 35.9 Å². The Kier molecular flexibility index (Phi) is 3.92. The third kappa shape index (κ3) is 2.52. The van der Waals surface area contributed by atoms with Gasteiger partial charge in [-0.1, -0.05) is 6.92 Å². The maximum atomic E-state index is 10.2. The van der Waals surface area contributed by atoms with Crippen molar-refractivity contribution in [2.45, 2.75) is 32.8 Å². The van der Waals surface area contributed by atoms with Gasteiger partial charge in [-0.2, -0.15) is 5.10 Å². The van der Waals surface area contributed by atoms with Crippen molar-refractivity contribution in [3.63, 3.8) is 0 Å². The molecule has 1 N–H and O–H groups in total. The monoisotopic (exact) mass is 312 g/mol. The molecule has 0 fully saturated rings. The molecule has 4 nitrogen and oxygen atoms in total. The first-order chi connectivity index (χ1) is 8.52. The molecule has 2 rings (SSSR count). The minimum Gasteiger partial charge on any atom is -0.463 e. The smallest absolute Gasteiger partial charge is 0.133 e. The molecule has 98 valence electrons. The average molecular weight is 313 g/mol. The molecule has 0 aromatic carbocycles. The predicted molar refractivity (Wildman–Crippen MR) is 72.4 cm³/mol. The van der Waals surface area contributed by atoms with Gasteiger partial charge in [-0.05, 0) is 35.0 Å². The highest BCUT2D eigenvalue weighted by molar-refractivity contribution is 9.10. The minimum absolute atomic E-state index is 0.481. The molecule has 0 saturated heterocycles. The number of aromatic nitrogens is 2. The van der Waals surface area contributed by atoms with Gasteiger partial charge in [0, 0.05) is 19.9 Å². The van der Waals surface area contributed by atoms with Gasteiger partial charge in [0.1, 0.15) is 17.6 Å². The molecule has 0 aliphatic rings. The summed E-state index contributed by atoms with van der Waals surface area (Å²) in [5.41, 5.74) is 1.89. The normalized spacial score (nSPS) is 12.9. The van der Waals surface area contributed by atoms with Gasteiger partial charge in [-0.15, -0.1) is 0 Å². The molecule has 0 radical (unpaired) electrons. The summed E-state index contributed by atoms with van der Waals surface area (Å²) in [4.78, 5) is 0. The Morgan fingerprint density at radius 2 is 2.22 bits per heavy atom. The summed E-state index contributed by atoms with van der Waals surface area (Å²) in [6.07, 6.45) is 0.673. The molecule has 0 aliphatic carbocycles. The van der Waals surface area contributed by atoms with Crippen molar-refractivity contribution in [1.82, 2.24) is 9.78 Å². The zero-order chi connectivity index (χ0) is 13.3. The number of hydrogen-bond donors (Lipinski definition) is 1. The molecule has 1 atom stereocenters. The van der Waals surface area contributed by atoms with Crippen molar-refractivity contribution in [2.24, 2.45) is 7.05 Å². The van der Waals surface area contributed by atoms with Crippen LogP contribution in [0.4, 0.5) is 0 Å². The van der Waals surface area contributed by atoms with Gasteiger partial charge in [0.15, 0.2) is 0 Å². The van der Waals surface area contributed by atoms with Crippen LogP contribution in [-0.2, 0) is 19.9 Å². The van der Waals surface area contributed by atoms with Crippen LogP contribution in [0.2, 0.25) is 0 Å². The van der Waals surface area contributed by atoms with E-state index < -0.39 is 6.10 Å². The van der Waals surface area contributed by atoms with Gasteiger partial charge >= 0.3 is 0 Å². The van der Waals surface area contributed by atoms with Crippen LogP contribution in [-0.4, -0.2) is 14.9 Å². The van der Waals surface area contributed by atoms with Gasteiger partial charge in [0.05, 0.1) is 15.9 Å². The first-order valence-electron chi connectivity index (χ1n) is 5.97. The highest BCUT2D eigenvalue weighted by Gasteiger charge is 2.18. The fraction of sp³-hybridized carbons (Fsp3) is 0.462. The van der Waals surface area contributed by atoms with E-state index in [0.29, 0.717) is 12.2 Å². The standard InChI is InChI=1S/C13H17BrN2O2/c1-4-9-5-6-12(18-9)11(17)7-10-13(14)8(2)15-16(10)3/h5-6,11,17H,4,7H2,1-3H3. The largest absolute Gasteiger partial charge is 0.463 e. The summed E-state index contributed by atoms with van der Waals surface area (Å²) in [6.45, 7) is 3.96. The van der Waals surface area contributed by atoms with Crippen molar-refractivity contribution in [2.75, 3.05) is 0 Å². The Morgan fingerprint density at radius 3 is 2.72 bits per heavy atom. The number of aryl methyl sites for hydroxylation is 3. The zero-order valence-corrected chi connectivity index (χ0v) is 12.4. The molecule has 2 aromatic rings. The topological polar surface area (TPSA) is 51.2 Å². The lowest BCUT2D eigenvalue weighted by Crippen LogP contribution is -2.06. The van der Waals surface area contributed by atoms with E-state index in [0.717, 1.165) is 28.0 Å². The van der Waals surface area contributed by atoms with E-state index in [1.54, 1.807) is 4.68 Å². The second kappa shape index (κ2) is 5.28.